The summed E-state index contributed by atoms with van der Waals surface area (Å²) in [5, 5.41) is 9.30. The predicted octanol–water partition coefficient (Wildman–Crippen LogP) is 4.99. The smallest absolute Gasteiger partial charge is 0.291 e. The van der Waals surface area contributed by atoms with Gasteiger partial charge in [0.15, 0.2) is 5.82 Å². The van der Waals surface area contributed by atoms with Crippen molar-refractivity contribution >= 4 is 38.3 Å². The van der Waals surface area contributed by atoms with E-state index >= 15 is 0 Å². The van der Waals surface area contributed by atoms with Gasteiger partial charge in [-0.1, -0.05) is 57.6 Å². The van der Waals surface area contributed by atoms with E-state index in [1.165, 1.54) is 15.9 Å². The number of halogens is 1. The van der Waals surface area contributed by atoms with Gasteiger partial charge in [-0.15, -0.1) is 5.10 Å². The Morgan fingerprint density at radius 1 is 0.917 bits per heavy atom. The van der Waals surface area contributed by atoms with Gasteiger partial charge in [-0.25, -0.2) is 4.68 Å². The molecule has 0 aliphatic rings. The van der Waals surface area contributed by atoms with Crippen LogP contribution in [-0.4, -0.2) is 31.5 Å². The van der Waals surface area contributed by atoms with Crippen LogP contribution >= 0.6 is 27.3 Å². The molecular weight excluding hydrogens is 538 g/mol. The summed E-state index contributed by atoms with van der Waals surface area (Å²) in [6.45, 7) is 0. The fourth-order valence-electron chi connectivity index (χ4n) is 3.88. The van der Waals surface area contributed by atoms with E-state index in [2.05, 4.69) is 26.0 Å². The molecule has 6 aromatic rings. The summed E-state index contributed by atoms with van der Waals surface area (Å²) in [5.41, 5.74) is 4.07. The lowest BCUT2D eigenvalue weighted by atomic mass is 10.1. The summed E-state index contributed by atoms with van der Waals surface area (Å²) in [6, 6.07) is 25.3. The lowest BCUT2D eigenvalue weighted by Gasteiger charge is -2.02. The average Bonchev–Trinajstić information content (AvgIpc) is 3.60. The Morgan fingerprint density at radius 3 is 2.33 bits per heavy atom. The minimum atomic E-state index is -0.209. The quantitative estimate of drug-likeness (QED) is 0.299. The minimum Gasteiger partial charge on any atom is -0.497 e. The molecule has 0 aliphatic carbocycles. The Bertz CT molecular complexity index is 1790. The molecule has 0 saturated carbocycles. The molecule has 0 atom stereocenters. The number of nitrogens with zero attached hydrogens (tertiary/aromatic N) is 5. The number of para-hydroxylation sites is 1. The Morgan fingerprint density at radius 2 is 1.64 bits per heavy atom. The third-order valence-electron chi connectivity index (χ3n) is 5.70. The Balaban J connectivity index is 1.47. The van der Waals surface area contributed by atoms with Crippen LogP contribution in [0.3, 0.4) is 0 Å². The molecule has 0 unspecified atom stereocenters. The molecule has 0 radical (unpaired) electrons. The van der Waals surface area contributed by atoms with Crippen LogP contribution in [0.15, 0.2) is 94.3 Å². The van der Waals surface area contributed by atoms with Crippen molar-refractivity contribution in [3.05, 3.63) is 110 Å². The van der Waals surface area contributed by atoms with Gasteiger partial charge in [0, 0.05) is 27.4 Å². The van der Waals surface area contributed by atoms with Crippen LogP contribution in [0.5, 0.6) is 5.75 Å². The van der Waals surface area contributed by atoms with Gasteiger partial charge in [0.05, 0.1) is 17.3 Å². The van der Waals surface area contributed by atoms with Crippen LogP contribution in [0.2, 0.25) is 0 Å². The van der Waals surface area contributed by atoms with Crippen molar-refractivity contribution in [2.45, 2.75) is 0 Å². The molecule has 36 heavy (non-hydrogen) atoms. The van der Waals surface area contributed by atoms with Gasteiger partial charge in [-0.2, -0.15) is 14.6 Å². The number of fused-ring (bicyclic) bond motifs is 1. The highest BCUT2D eigenvalue weighted by Gasteiger charge is 2.15. The number of methoxy groups -OCH3 is 1. The molecule has 6 rings (SSSR count). The van der Waals surface area contributed by atoms with Crippen molar-refractivity contribution in [1.82, 2.24) is 24.4 Å². The number of hydrogen-bond acceptors (Lipinski definition) is 6. The third kappa shape index (κ3) is 4.12. The highest BCUT2D eigenvalue weighted by atomic mass is 79.9. The maximum atomic E-state index is 13.2. The van der Waals surface area contributed by atoms with Gasteiger partial charge < -0.3 is 4.74 Å². The molecule has 3 aromatic carbocycles. The van der Waals surface area contributed by atoms with Crippen LogP contribution in [0.4, 0.5) is 0 Å². The van der Waals surface area contributed by atoms with E-state index in [4.69, 9.17) is 9.84 Å². The number of benzene rings is 3. The van der Waals surface area contributed by atoms with Crippen LogP contribution in [0.1, 0.15) is 5.56 Å². The van der Waals surface area contributed by atoms with Crippen molar-refractivity contribution in [1.29, 1.82) is 0 Å². The van der Waals surface area contributed by atoms with Crippen molar-refractivity contribution < 1.29 is 4.74 Å². The molecule has 176 valence electrons. The monoisotopic (exact) mass is 555 g/mol. The molecule has 0 saturated heterocycles. The maximum absolute atomic E-state index is 13.2. The zero-order valence-electron chi connectivity index (χ0n) is 19.0. The van der Waals surface area contributed by atoms with E-state index in [0.717, 1.165) is 38.3 Å². The summed E-state index contributed by atoms with van der Waals surface area (Å²) >= 11 is 4.74. The van der Waals surface area contributed by atoms with Crippen molar-refractivity contribution in [3.63, 3.8) is 0 Å². The van der Waals surface area contributed by atoms with E-state index in [1.807, 2.05) is 95.8 Å². The molecule has 0 aliphatic heterocycles. The molecule has 0 fully saturated rings. The van der Waals surface area contributed by atoms with Crippen LogP contribution in [0, 0.1) is 0 Å². The second-order valence-corrected chi connectivity index (χ2v) is 9.92. The lowest BCUT2D eigenvalue weighted by Crippen LogP contribution is -2.23. The Labute approximate surface area is 218 Å². The lowest BCUT2D eigenvalue weighted by molar-refractivity contribution is 0.415. The number of hydrogen-bond donors (Lipinski definition) is 0. The Kier molecular flexibility index (Phi) is 5.71. The SMILES string of the molecule is COc1ccc(-c2nn(-c3ccccc3)cc2C=c2sc3nc(-c4ccc(Br)cc4)nn3c2=O)cc1. The van der Waals surface area contributed by atoms with Gasteiger partial charge >= 0.3 is 0 Å². The van der Waals surface area contributed by atoms with Gasteiger partial charge in [-0.3, -0.25) is 4.79 Å². The number of thiazole rings is 1. The van der Waals surface area contributed by atoms with E-state index < -0.39 is 0 Å². The standard InChI is InChI=1S/C27H18BrN5O2S/c1-35-22-13-9-17(10-14-22)24-19(16-32(30-24)21-5-3-2-4-6-21)15-23-26(34)33-27(36-23)29-25(31-33)18-7-11-20(28)12-8-18/h2-16H,1H3. The molecule has 0 spiro atoms. The number of ether oxygens (including phenoxy) is 1. The fourth-order valence-corrected chi connectivity index (χ4v) is 5.04. The highest BCUT2D eigenvalue weighted by Crippen LogP contribution is 2.26. The average molecular weight is 556 g/mol. The number of aromatic nitrogens is 5. The first-order valence-electron chi connectivity index (χ1n) is 11.1. The fraction of sp³-hybridized carbons (Fsp3) is 0.0370. The molecule has 9 heteroatoms. The molecule has 3 aromatic heterocycles. The highest BCUT2D eigenvalue weighted by molar-refractivity contribution is 9.10. The van der Waals surface area contributed by atoms with Crippen LogP contribution < -0.4 is 14.8 Å². The number of rotatable bonds is 5. The van der Waals surface area contributed by atoms with E-state index in [0.29, 0.717) is 15.3 Å². The summed E-state index contributed by atoms with van der Waals surface area (Å²) in [4.78, 5) is 18.4. The van der Waals surface area contributed by atoms with E-state index in [9.17, 15) is 4.79 Å². The summed E-state index contributed by atoms with van der Waals surface area (Å²) in [6.07, 6.45) is 3.78. The minimum absolute atomic E-state index is 0.209. The van der Waals surface area contributed by atoms with Crippen LogP contribution in [0.25, 0.3) is 39.4 Å². The van der Waals surface area contributed by atoms with Gasteiger partial charge in [-0.05, 0) is 54.6 Å². The molecule has 7 nitrogen and oxygen atoms in total. The van der Waals surface area contributed by atoms with Crippen molar-refractivity contribution in [2.75, 3.05) is 7.11 Å². The van der Waals surface area contributed by atoms with Crippen LogP contribution in [-0.2, 0) is 0 Å². The molecule has 0 N–H and O–H groups in total. The normalized spacial score (nSPS) is 11.9. The summed E-state index contributed by atoms with van der Waals surface area (Å²) < 4.78 is 9.99. The second-order valence-electron chi connectivity index (χ2n) is 7.99. The maximum Gasteiger partial charge on any atom is 0.291 e. The molecule has 0 bridgehead atoms. The zero-order valence-corrected chi connectivity index (χ0v) is 21.4. The van der Waals surface area contributed by atoms with Gasteiger partial charge in [0.1, 0.15) is 11.4 Å². The first-order valence-corrected chi connectivity index (χ1v) is 12.7. The molecular formula is C27H18BrN5O2S. The topological polar surface area (TPSA) is 74.3 Å². The predicted molar refractivity (Wildman–Crippen MR) is 145 cm³/mol. The van der Waals surface area contributed by atoms with E-state index in [-0.39, 0.29) is 5.56 Å². The summed E-state index contributed by atoms with van der Waals surface area (Å²) in [5.74, 6) is 1.29. The van der Waals surface area contributed by atoms with Crippen molar-refractivity contribution in [3.8, 4) is 34.1 Å². The first kappa shape index (κ1) is 22.4. The Hall–Kier alpha value is -4.08. The van der Waals surface area contributed by atoms with Gasteiger partial charge in [0.25, 0.3) is 5.56 Å². The zero-order chi connectivity index (χ0) is 24.6. The third-order valence-corrected chi connectivity index (χ3v) is 7.19. The van der Waals surface area contributed by atoms with Gasteiger partial charge in [0.2, 0.25) is 4.96 Å². The molecule has 0 amide bonds. The molecule has 3 heterocycles. The first-order chi connectivity index (χ1) is 17.6. The van der Waals surface area contributed by atoms with E-state index in [1.54, 1.807) is 7.11 Å². The van der Waals surface area contributed by atoms with Crippen molar-refractivity contribution in [2.24, 2.45) is 0 Å². The largest absolute Gasteiger partial charge is 0.497 e. The second kappa shape index (κ2) is 9.18. The summed E-state index contributed by atoms with van der Waals surface area (Å²) in [7, 11) is 1.64.